The van der Waals surface area contributed by atoms with Crippen LogP contribution in [-0.4, -0.2) is 21.2 Å². The van der Waals surface area contributed by atoms with E-state index in [1.54, 1.807) is 0 Å². The van der Waals surface area contributed by atoms with Gasteiger partial charge in [-0.3, -0.25) is 9.78 Å². The van der Waals surface area contributed by atoms with Crippen LogP contribution in [0.2, 0.25) is 0 Å². The van der Waals surface area contributed by atoms with Gasteiger partial charge in [-0.15, -0.1) is 0 Å². The minimum absolute atomic E-state index is 0.0290. The van der Waals surface area contributed by atoms with E-state index in [9.17, 15) is 9.90 Å². The lowest BCUT2D eigenvalue weighted by Gasteiger charge is -2.29. The van der Waals surface area contributed by atoms with Gasteiger partial charge in [0, 0.05) is 12.0 Å². The second-order valence-electron chi connectivity index (χ2n) is 8.83. The van der Waals surface area contributed by atoms with Crippen molar-refractivity contribution in [2.45, 2.75) is 78.4 Å². The van der Waals surface area contributed by atoms with Gasteiger partial charge >= 0.3 is 4.87 Å². The maximum absolute atomic E-state index is 11.4. The van der Waals surface area contributed by atoms with E-state index in [-0.39, 0.29) is 16.9 Å². The molecule has 4 rings (SSSR count). The van der Waals surface area contributed by atoms with E-state index in [2.05, 4.69) is 44.0 Å². The van der Waals surface area contributed by atoms with Gasteiger partial charge < -0.3 is 14.3 Å². The highest BCUT2D eigenvalue weighted by Gasteiger charge is 2.24. The van der Waals surface area contributed by atoms with Crippen molar-refractivity contribution in [3.63, 3.8) is 0 Å². The highest BCUT2D eigenvalue weighted by molar-refractivity contribution is 7.09. The van der Waals surface area contributed by atoms with Crippen molar-refractivity contribution < 1.29 is 14.3 Å². The summed E-state index contributed by atoms with van der Waals surface area (Å²) < 4.78 is 12.4. The largest absolute Gasteiger partial charge is 0.494 e. The van der Waals surface area contributed by atoms with Crippen LogP contribution in [0.5, 0.6) is 5.88 Å². The molecule has 1 saturated carbocycles. The molecule has 0 unspecified atom stereocenters. The summed E-state index contributed by atoms with van der Waals surface area (Å²) in [4.78, 5) is 19.2. The summed E-state index contributed by atoms with van der Waals surface area (Å²) in [6.07, 6.45) is 7.05. The Hall–Kier alpha value is -2.38. The standard InChI is InChI=1S/C25H32N2O4S/c1-4-21-20(26-24(31-21)18-10-8-15(2)16(3)12-18)14-30-19-7-5-6-17(13-19)9-11-22-23(28)27-25(29)32-22/h8,10,12,17,19,28H,4-7,9,11,13-14H2,1-3H3,(H,27,29)/t17-,19-/m0/s1. The quantitative estimate of drug-likeness (QED) is 0.455. The summed E-state index contributed by atoms with van der Waals surface area (Å²) in [5, 5.41) is 9.80. The molecule has 0 saturated heterocycles. The zero-order valence-corrected chi connectivity index (χ0v) is 19.9. The van der Waals surface area contributed by atoms with Crippen molar-refractivity contribution in [2.24, 2.45) is 5.92 Å². The molecular formula is C25H32N2O4S. The molecule has 2 N–H and O–H groups in total. The predicted molar refractivity (Wildman–Crippen MR) is 126 cm³/mol. The van der Waals surface area contributed by atoms with E-state index >= 15 is 0 Å². The summed E-state index contributed by atoms with van der Waals surface area (Å²) in [7, 11) is 0. The van der Waals surface area contributed by atoms with Gasteiger partial charge in [0.25, 0.3) is 0 Å². The maximum Gasteiger partial charge on any atom is 0.307 e. The van der Waals surface area contributed by atoms with Crippen LogP contribution in [0.3, 0.4) is 0 Å². The Kier molecular flexibility index (Phi) is 7.16. The van der Waals surface area contributed by atoms with Crippen LogP contribution in [0.25, 0.3) is 11.5 Å². The number of nitrogens with one attached hydrogen (secondary N) is 1. The molecular weight excluding hydrogens is 424 g/mol. The summed E-state index contributed by atoms with van der Waals surface area (Å²) in [6, 6.07) is 6.28. The van der Waals surface area contributed by atoms with Gasteiger partial charge in [0.05, 0.1) is 17.6 Å². The second kappa shape index (κ2) is 10.0. The molecule has 0 spiro atoms. The van der Waals surface area contributed by atoms with Gasteiger partial charge in [0.15, 0.2) is 0 Å². The molecule has 0 amide bonds. The minimum Gasteiger partial charge on any atom is -0.494 e. The fourth-order valence-electron chi connectivity index (χ4n) is 4.48. The Morgan fingerprint density at radius 2 is 2.12 bits per heavy atom. The van der Waals surface area contributed by atoms with Crippen molar-refractivity contribution >= 4 is 11.3 Å². The van der Waals surface area contributed by atoms with Crippen LogP contribution in [0.15, 0.2) is 27.4 Å². The molecule has 1 aliphatic rings. The van der Waals surface area contributed by atoms with E-state index in [4.69, 9.17) is 14.1 Å². The monoisotopic (exact) mass is 456 g/mol. The molecule has 172 valence electrons. The first-order valence-corrected chi connectivity index (χ1v) is 12.3. The van der Waals surface area contributed by atoms with Gasteiger partial charge in [0.2, 0.25) is 11.8 Å². The van der Waals surface area contributed by atoms with Gasteiger partial charge in [0.1, 0.15) is 11.5 Å². The lowest BCUT2D eigenvalue weighted by atomic mass is 9.84. The maximum atomic E-state index is 11.4. The number of oxazole rings is 1. The van der Waals surface area contributed by atoms with Crippen LogP contribution >= 0.6 is 11.3 Å². The molecule has 2 aromatic heterocycles. The van der Waals surface area contributed by atoms with Crippen molar-refractivity contribution in [3.05, 3.63) is 55.3 Å². The molecule has 1 fully saturated rings. The molecule has 0 radical (unpaired) electrons. The molecule has 2 atom stereocenters. The Morgan fingerprint density at radius 1 is 1.28 bits per heavy atom. The molecule has 0 bridgehead atoms. The first-order chi connectivity index (χ1) is 15.4. The number of hydrogen-bond donors (Lipinski definition) is 2. The lowest BCUT2D eigenvalue weighted by Crippen LogP contribution is -2.23. The number of H-pyrrole nitrogens is 1. The first-order valence-electron chi connectivity index (χ1n) is 11.5. The lowest BCUT2D eigenvalue weighted by molar-refractivity contribution is -0.000589. The van der Waals surface area contributed by atoms with Crippen LogP contribution < -0.4 is 4.87 Å². The average Bonchev–Trinajstić information content (AvgIpc) is 3.34. The summed E-state index contributed by atoms with van der Waals surface area (Å²) in [5.74, 6) is 2.12. The molecule has 1 aromatic carbocycles. The molecule has 3 aromatic rings. The molecule has 32 heavy (non-hydrogen) atoms. The van der Waals surface area contributed by atoms with Crippen LogP contribution in [0, 0.1) is 19.8 Å². The Labute approximate surface area is 192 Å². The van der Waals surface area contributed by atoms with Gasteiger partial charge in [-0.1, -0.05) is 37.2 Å². The third kappa shape index (κ3) is 5.33. The Balaban J connectivity index is 1.35. The van der Waals surface area contributed by atoms with Crippen molar-refractivity contribution in [3.8, 4) is 17.3 Å². The molecule has 7 heteroatoms. The van der Waals surface area contributed by atoms with E-state index in [0.717, 1.165) is 71.8 Å². The zero-order chi connectivity index (χ0) is 22.7. The van der Waals surface area contributed by atoms with E-state index in [0.29, 0.717) is 18.4 Å². The number of thiazole rings is 1. The first kappa shape index (κ1) is 22.8. The minimum atomic E-state index is -0.193. The zero-order valence-electron chi connectivity index (χ0n) is 19.1. The third-order valence-electron chi connectivity index (χ3n) is 6.52. The topological polar surface area (TPSA) is 88.4 Å². The number of hydrogen-bond acceptors (Lipinski definition) is 6. The number of rotatable bonds is 8. The average molecular weight is 457 g/mol. The summed E-state index contributed by atoms with van der Waals surface area (Å²) in [6.45, 7) is 6.75. The summed E-state index contributed by atoms with van der Waals surface area (Å²) >= 11 is 1.11. The van der Waals surface area contributed by atoms with E-state index in [1.165, 1.54) is 17.5 Å². The number of ether oxygens (including phenoxy) is 1. The summed E-state index contributed by atoms with van der Waals surface area (Å²) in [5.41, 5.74) is 4.38. The van der Waals surface area contributed by atoms with Crippen molar-refractivity contribution in [1.29, 1.82) is 0 Å². The number of aromatic hydroxyl groups is 1. The molecule has 1 aliphatic carbocycles. The van der Waals surface area contributed by atoms with Crippen molar-refractivity contribution in [2.75, 3.05) is 0 Å². The smallest absolute Gasteiger partial charge is 0.307 e. The van der Waals surface area contributed by atoms with Crippen LogP contribution in [-0.2, 0) is 24.2 Å². The van der Waals surface area contributed by atoms with Gasteiger partial charge in [-0.25, -0.2) is 4.98 Å². The Morgan fingerprint density at radius 3 is 2.84 bits per heavy atom. The molecule has 0 aliphatic heterocycles. The Bertz CT molecular complexity index is 1110. The van der Waals surface area contributed by atoms with Crippen LogP contribution in [0.1, 0.15) is 66.5 Å². The number of aromatic amines is 1. The van der Waals surface area contributed by atoms with Crippen molar-refractivity contribution in [1.82, 2.24) is 9.97 Å². The molecule has 6 nitrogen and oxygen atoms in total. The number of aryl methyl sites for hydroxylation is 4. The number of benzene rings is 1. The SMILES string of the molecule is CCc1oc(-c2ccc(C)c(C)c2)nc1CO[C@H]1CCC[C@@H](CCc2sc(=O)[nH]c2O)C1. The third-order valence-corrected chi connectivity index (χ3v) is 7.46. The molecule has 2 heterocycles. The fourth-order valence-corrected chi connectivity index (χ4v) is 5.22. The van der Waals surface area contributed by atoms with Gasteiger partial charge in [-0.05, 0) is 68.7 Å². The van der Waals surface area contributed by atoms with E-state index < -0.39 is 0 Å². The number of nitrogens with zero attached hydrogens (tertiary/aromatic N) is 1. The number of aromatic nitrogens is 2. The van der Waals surface area contributed by atoms with Crippen LogP contribution in [0.4, 0.5) is 0 Å². The highest BCUT2D eigenvalue weighted by Crippen LogP contribution is 2.32. The second-order valence-corrected chi connectivity index (χ2v) is 9.90. The highest BCUT2D eigenvalue weighted by atomic mass is 32.1. The van der Waals surface area contributed by atoms with E-state index in [1.807, 2.05) is 0 Å². The van der Waals surface area contributed by atoms with Gasteiger partial charge in [-0.2, -0.15) is 0 Å². The normalized spacial score (nSPS) is 18.8. The predicted octanol–water partition coefficient (Wildman–Crippen LogP) is 5.68. The fraction of sp³-hybridized carbons (Fsp3) is 0.520.